The molecule has 0 unspecified atom stereocenters. The molecule has 1 aromatic heterocycles. The van der Waals surface area contributed by atoms with Gasteiger partial charge >= 0.3 is 0 Å². The Morgan fingerprint density at radius 3 is 2.57 bits per heavy atom. The number of amides is 1. The van der Waals surface area contributed by atoms with E-state index in [0.717, 1.165) is 24.1 Å². The summed E-state index contributed by atoms with van der Waals surface area (Å²) in [7, 11) is 0. The van der Waals surface area contributed by atoms with Crippen LogP contribution in [0.5, 0.6) is 0 Å². The van der Waals surface area contributed by atoms with Gasteiger partial charge in [0.15, 0.2) is 0 Å². The van der Waals surface area contributed by atoms with Crippen molar-refractivity contribution in [2.45, 2.75) is 39.3 Å². The van der Waals surface area contributed by atoms with Crippen molar-refractivity contribution in [3.05, 3.63) is 46.9 Å². The number of hydrogen-bond acceptors (Lipinski definition) is 4. The third kappa shape index (κ3) is 4.20. The third-order valence-electron chi connectivity index (χ3n) is 3.78. The molecule has 2 aromatic rings. The van der Waals surface area contributed by atoms with Crippen LogP contribution in [0.1, 0.15) is 31.2 Å². The smallest absolute Gasteiger partial charge is 0.219 e. The first-order valence-corrected chi connectivity index (χ1v) is 8.03. The standard InChI is InChI=1S/C17H19ClN4O/c1-11-19-16(18)9-17(20-11)21-14-5-3-13(4-6-14)10-22(12(2)23)15-7-8-15/h3-6,9,15H,7-8,10H2,1-2H3,(H,19,20,21). The highest BCUT2D eigenvalue weighted by Gasteiger charge is 2.30. The van der Waals surface area contributed by atoms with Gasteiger partial charge in [0.05, 0.1) is 0 Å². The van der Waals surface area contributed by atoms with E-state index < -0.39 is 0 Å². The van der Waals surface area contributed by atoms with Gasteiger partial charge in [-0.1, -0.05) is 23.7 Å². The normalized spacial score (nSPS) is 13.7. The Morgan fingerprint density at radius 2 is 2.00 bits per heavy atom. The minimum Gasteiger partial charge on any atom is -0.340 e. The van der Waals surface area contributed by atoms with Gasteiger partial charge in [-0.25, -0.2) is 9.97 Å². The molecule has 3 rings (SSSR count). The summed E-state index contributed by atoms with van der Waals surface area (Å²) in [5, 5.41) is 3.62. The van der Waals surface area contributed by atoms with Gasteiger partial charge in [0, 0.05) is 31.3 Å². The van der Waals surface area contributed by atoms with Crippen molar-refractivity contribution in [3.63, 3.8) is 0 Å². The van der Waals surface area contributed by atoms with Crippen molar-refractivity contribution in [1.82, 2.24) is 14.9 Å². The van der Waals surface area contributed by atoms with E-state index in [2.05, 4.69) is 15.3 Å². The van der Waals surface area contributed by atoms with Gasteiger partial charge in [-0.2, -0.15) is 0 Å². The molecule has 1 fully saturated rings. The summed E-state index contributed by atoms with van der Waals surface area (Å²) in [6, 6.07) is 10.1. The number of carbonyl (C=O) groups is 1. The van der Waals surface area contributed by atoms with Crippen LogP contribution < -0.4 is 5.32 Å². The molecule has 0 bridgehead atoms. The number of rotatable bonds is 5. The van der Waals surface area contributed by atoms with Crippen molar-refractivity contribution in [1.29, 1.82) is 0 Å². The van der Waals surface area contributed by atoms with Crippen molar-refractivity contribution < 1.29 is 4.79 Å². The highest BCUT2D eigenvalue weighted by Crippen LogP contribution is 2.28. The summed E-state index contributed by atoms with van der Waals surface area (Å²) >= 11 is 5.94. The molecule has 0 atom stereocenters. The quantitative estimate of drug-likeness (QED) is 0.849. The maximum atomic E-state index is 11.7. The van der Waals surface area contributed by atoms with E-state index in [0.29, 0.717) is 29.4 Å². The molecule has 1 heterocycles. The summed E-state index contributed by atoms with van der Waals surface area (Å²) < 4.78 is 0. The SMILES string of the molecule is CC(=O)N(Cc1ccc(Nc2cc(Cl)nc(C)n2)cc1)C1CC1. The lowest BCUT2D eigenvalue weighted by Gasteiger charge is -2.20. The Balaban J connectivity index is 1.68. The van der Waals surface area contributed by atoms with E-state index in [1.807, 2.05) is 29.2 Å². The lowest BCUT2D eigenvalue weighted by atomic mass is 10.2. The number of aromatic nitrogens is 2. The van der Waals surface area contributed by atoms with Gasteiger partial charge in [-0.15, -0.1) is 0 Å². The van der Waals surface area contributed by atoms with Gasteiger partial charge in [-0.05, 0) is 37.5 Å². The second-order valence-electron chi connectivity index (χ2n) is 5.82. The molecule has 120 valence electrons. The predicted octanol–water partition coefficient (Wildman–Crippen LogP) is 3.69. The van der Waals surface area contributed by atoms with Crippen molar-refractivity contribution in [3.8, 4) is 0 Å². The number of nitrogens with zero attached hydrogens (tertiary/aromatic N) is 3. The second-order valence-corrected chi connectivity index (χ2v) is 6.21. The molecule has 5 nitrogen and oxygen atoms in total. The van der Waals surface area contributed by atoms with E-state index in [4.69, 9.17) is 11.6 Å². The zero-order valence-electron chi connectivity index (χ0n) is 13.2. The first-order valence-electron chi connectivity index (χ1n) is 7.65. The van der Waals surface area contributed by atoms with Crippen LogP contribution in [-0.2, 0) is 11.3 Å². The maximum absolute atomic E-state index is 11.7. The highest BCUT2D eigenvalue weighted by molar-refractivity contribution is 6.29. The Morgan fingerprint density at radius 1 is 1.30 bits per heavy atom. The molecule has 0 radical (unpaired) electrons. The van der Waals surface area contributed by atoms with Crippen LogP contribution in [0.3, 0.4) is 0 Å². The third-order valence-corrected chi connectivity index (χ3v) is 3.97. The van der Waals surface area contributed by atoms with Gasteiger partial charge in [-0.3, -0.25) is 4.79 Å². The molecule has 0 spiro atoms. The number of nitrogens with one attached hydrogen (secondary N) is 1. The molecule has 1 N–H and O–H groups in total. The Kier molecular flexibility index (Phi) is 4.48. The van der Waals surface area contributed by atoms with Crippen molar-refractivity contribution >= 4 is 29.0 Å². The monoisotopic (exact) mass is 330 g/mol. The van der Waals surface area contributed by atoms with Crippen LogP contribution in [0.4, 0.5) is 11.5 Å². The van der Waals surface area contributed by atoms with E-state index in [-0.39, 0.29) is 5.91 Å². The van der Waals surface area contributed by atoms with Crippen molar-refractivity contribution in [2.75, 3.05) is 5.32 Å². The van der Waals surface area contributed by atoms with Gasteiger partial charge in [0.2, 0.25) is 5.91 Å². The maximum Gasteiger partial charge on any atom is 0.219 e. The fourth-order valence-electron chi connectivity index (χ4n) is 2.52. The topological polar surface area (TPSA) is 58.1 Å². The number of aryl methyl sites for hydroxylation is 1. The molecule has 1 saturated carbocycles. The summed E-state index contributed by atoms with van der Waals surface area (Å²) in [5.74, 6) is 1.43. The molecule has 23 heavy (non-hydrogen) atoms. The van der Waals surface area contributed by atoms with Gasteiger partial charge < -0.3 is 10.2 Å². The fourth-order valence-corrected chi connectivity index (χ4v) is 2.74. The number of halogens is 1. The van der Waals surface area contributed by atoms with Crippen LogP contribution in [0.2, 0.25) is 5.15 Å². The van der Waals surface area contributed by atoms with Crippen LogP contribution in [0.25, 0.3) is 0 Å². The van der Waals surface area contributed by atoms with Gasteiger partial charge in [0.1, 0.15) is 16.8 Å². The Labute approximate surface area is 140 Å². The van der Waals surface area contributed by atoms with Crippen LogP contribution in [-0.4, -0.2) is 26.8 Å². The molecule has 0 saturated heterocycles. The summed E-state index contributed by atoms with van der Waals surface area (Å²) in [5.41, 5.74) is 2.04. The largest absolute Gasteiger partial charge is 0.340 e. The minimum absolute atomic E-state index is 0.140. The summed E-state index contributed by atoms with van der Waals surface area (Å²) in [6.07, 6.45) is 2.24. The highest BCUT2D eigenvalue weighted by atomic mass is 35.5. The Hall–Kier alpha value is -2.14. The number of anilines is 2. The Bertz CT molecular complexity index is 693. The van der Waals surface area contributed by atoms with Crippen molar-refractivity contribution in [2.24, 2.45) is 0 Å². The molecule has 6 heteroatoms. The number of hydrogen-bond donors (Lipinski definition) is 1. The summed E-state index contributed by atoms with van der Waals surface area (Å²) in [4.78, 5) is 22.0. The molecular weight excluding hydrogens is 312 g/mol. The fraction of sp³-hybridized carbons (Fsp3) is 0.353. The van der Waals surface area contributed by atoms with E-state index in [9.17, 15) is 4.79 Å². The van der Waals surface area contributed by atoms with E-state index in [1.165, 1.54) is 0 Å². The lowest BCUT2D eigenvalue weighted by molar-refractivity contribution is -0.130. The van der Waals surface area contributed by atoms with Gasteiger partial charge in [0.25, 0.3) is 0 Å². The average Bonchev–Trinajstić information content (AvgIpc) is 3.29. The zero-order valence-corrected chi connectivity index (χ0v) is 14.0. The van der Waals surface area contributed by atoms with Crippen LogP contribution >= 0.6 is 11.6 Å². The minimum atomic E-state index is 0.140. The molecule has 1 aromatic carbocycles. The molecule has 1 aliphatic rings. The average molecular weight is 331 g/mol. The number of benzene rings is 1. The second kappa shape index (κ2) is 6.54. The predicted molar refractivity (Wildman–Crippen MR) is 90.7 cm³/mol. The first-order chi connectivity index (χ1) is 11.0. The van der Waals surface area contributed by atoms with Crippen LogP contribution in [0.15, 0.2) is 30.3 Å². The zero-order chi connectivity index (χ0) is 16.4. The van der Waals surface area contributed by atoms with E-state index in [1.54, 1.807) is 19.9 Å². The number of carbonyl (C=O) groups excluding carboxylic acids is 1. The molecule has 1 amide bonds. The molecule has 0 aliphatic heterocycles. The summed E-state index contributed by atoms with van der Waals surface area (Å²) in [6.45, 7) is 4.10. The molecular formula is C17H19ClN4O. The lowest BCUT2D eigenvalue weighted by Crippen LogP contribution is -2.30. The molecule has 1 aliphatic carbocycles. The van der Waals surface area contributed by atoms with E-state index >= 15 is 0 Å². The first kappa shape index (κ1) is 15.7. The van der Waals surface area contributed by atoms with Crippen LogP contribution in [0, 0.1) is 6.92 Å².